The fourth-order valence-electron chi connectivity index (χ4n) is 5.83. The summed E-state index contributed by atoms with van der Waals surface area (Å²) in [4.78, 5) is 125. The molecule has 17 N–H and O–H groups in total. The highest BCUT2D eigenvalue weighted by atomic mass is 16.4. The average molecular weight is 859 g/mol. The van der Waals surface area contributed by atoms with Gasteiger partial charge < -0.3 is 70.6 Å². The molecule has 24 nitrogen and oxygen atoms in total. The minimum atomic E-state index is -1.57. The fraction of sp³-hybridized carbons (Fsp3) is 0.541. The monoisotopic (exact) mass is 858 g/mol. The van der Waals surface area contributed by atoms with E-state index in [0.717, 1.165) is 0 Å². The zero-order valence-electron chi connectivity index (χ0n) is 34.0. The van der Waals surface area contributed by atoms with Crippen molar-refractivity contribution in [2.75, 3.05) is 32.7 Å². The third-order valence-corrected chi connectivity index (χ3v) is 8.91. The number of benzene rings is 1. The summed E-state index contributed by atoms with van der Waals surface area (Å²) in [5, 5.41) is 29.6. The van der Waals surface area contributed by atoms with Crippen molar-refractivity contribution >= 4 is 65.1 Å². The summed E-state index contributed by atoms with van der Waals surface area (Å²) in [5.41, 5.74) is 22.4. The van der Waals surface area contributed by atoms with Crippen LogP contribution in [0.5, 0.6) is 0 Å². The number of carboxylic acid groups (broad SMARTS) is 1. The van der Waals surface area contributed by atoms with Gasteiger partial charge in [0.2, 0.25) is 47.3 Å². The van der Waals surface area contributed by atoms with E-state index in [1.165, 1.54) is 6.92 Å². The smallest absolute Gasteiger partial charge is 0.326 e. The number of nitrogens with two attached hydrogens (primary N) is 4. The summed E-state index contributed by atoms with van der Waals surface area (Å²) in [6.45, 7) is 0.127. The van der Waals surface area contributed by atoms with E-state index in [9.17, 15) is 48.3 Å². The van der Waals surface area contributed by atoms with Gasteiger partial charge in [-0.1, -0.05) is 30.3 Å². The summed E-state index contributed by atoms with van der Waals surface area (Å²) >= 11 is 0. The number of carboxylic acids is 1. The molecule has 61 heavy (non-hydrogen) atoms. The predicted molar refractivity (Wildman–Crippen MR) is 220 cm³/mol. The summed E-state index contributed by atoms with van der Waals surface area (Å²) in [6.07, 6.45) is -0.110. The van der Waals surface area contributed by atoms with E-state index >= 15 is 0 Å². The van der Waals surface area contributed by atoms with Gasteiger partial charge >= 0.3 is 5.97 Å². The number of hydrogen-bond acceptors (Lipinski definition) is 11. The molecule has 1 aromatic rings. The number of nitrogens with one attached hydrogen (secondary N) is 8. The van der Waals surface area contributed by atoms with Crippen molar-refractivity contribution in [2.24, 2.45) is 32.9 Å². The Morgan fingerprint density at radius 1 is 0.738 bits per heavy atom. The lowest BCUT2D eigenvalue weighted by Crippen LogP contribution is -2.59. The fourth-order valence-corrected chi connectivity index (χ4v) is 5.83. The van der Waals surface area contributed by atoms with E-state index in [0.29, 0.717) is 5.56 Å². The molecule has 0 aliphatic carbocycles. The van der Waals surface area contributed by atoms with Crippen LogP contribution in [0.3, 0.4) is 0 Å². The Balaban J connectivity index is 2.59. The number of aliphatic imine (C=N–C) groups is 2. The van der Waals surface area contributed by atoms with Gasteiger partial charge in [-0.05, 0) is 50.5 Å². The highest BCUT2D eigenvalue weighted by Gasteiger charge is 2.32. The Bertz CT molecular complexity index is 1750. The topological polar surface area (TPSA) is 399 Å². The van der Waals surface area contributed by atoms with Crippen molar-refractivity contribution in [1.29, 1.82) is 0 Å². The van der Waals surface area contributed by atoms with E-state index < -0.39 is 103 Å². The van der Waals surface area contributed by atoms with Crippen molar-refractivity contribution in [3.05, 3.63) is 35.9 Å². The molecular weight excluding hydrogens is 800 g/mol. The third kappa shape index (κ3) is 21.0. The molecule has 24 heteroatoms. The van der Waals surface area contributed by atoms with Gasteiger partial charge in [0, 0.05) is 33.0 Å². The van der Waals surface area contributed by atoms with Crippen LogP contribution in [0.15, 0.2) is 40.3 Å². The van der Waals surface area contributed by atoms with E-state index in [4.69, 9.17) is 22.9 Å². The van der Waals surface area contributed by atoms with Crippen molar-refractivity contribution in [2.45, 2.75) is 94.9 Å². The first-order valence-corrected chi connectivity index (χ1v) is 19.6. The maximum absolute atomic E-state index is 14.1. The van der Waals surface area contributed by atoms with Gasteiger partial charge in [-0.25, -0.2) is 4.79 Å². The molecule has 1 heterocycles. The number of nitrogens with zero attached hydrogens (tertiary/aromatic N) is 2. The second kappa shape index (κ2) is 26.9. The maximum Gasteiger partial charge on any atom is 0.326 e. The van der Waals surface area contributed by atoms with Crippen LogP contribution in [-0.4, -0.2) is 133 Å². The first kappa shape index (κ1) is 50.1. The second-order valence-electron chi connectivity index (χ2n) is 14.0. The third-order valence-electron chi connectivity index (χ3n) is 8.91. The van der Waals surface area contributed by atoms with Gasteiger partial charge in [0.05, 0.1) is 19.5 Å². The van der Waals surface area contributed by atoms with E-state index in [2.05, 4.69) is 52.5 Å². The van der Waals surface area contributed by atoms with Crippen LogP contribution in [0.25, 0.3) is 0 Å². The van der Waals surface area contributed by atoms with Crippen LogP contribution in [0, 0.1) is 0 Å². The van der Waals surface area contributed by atoms with E-state index in [-0.39, 0.29) is 82.9 Å². The van der Waals surface area contributed by atoms with Gasteiger partial charge in [0.15, 0.2) is 11.9 Å². The lowest BCUT2D eigenvalue weighted by atomic mass is 10.0. The minimum Gasteiger partial charge on any atom is -0.480 e. The molecule has 1 aliphatic heterocycles. The standard InChI is InChI=1S/C37H58N14O10/c1-21(52)45-19-29(54)48-27-18-28(53)42-14-6-5-11-25(35(60)61)47-30(55)20-46-31(56)23(12-7-15-43-36(38)39)49-33(58)26(17-22-9-3-2-4-10-22)51-32(57)24(50-34(27)59)13-8-16-44-37(40)41/h2-4,9-10,23-27H,5-8,11-20H2,1H3,(H,42,53)(H,45,52)(H,46,56)(H,47,55)(H,48,54)(H,49,58)(H,50,59)(H,51,57)(H,60,61)(H4,38,39,43)(H4,40,41,44)/t23?,24-,25?,26?,27?/m0/s1. The largest absolute Gasteiger partial charge is 0.480 e. The minimum absolute atomic E-state index is 0.0214. The molecule has 4 unspecified atom stereocenters. The molecule has 2 rings (SSSR count). The maximum atomic E-state index is 14.1. The summed E-state index contributed by atoms with van der Waals surface area (Å²) in [5.74, 6) is -8.13. The Morgan fingerprint density at radius 3 is 1.90 bits per heavy atom. The lowest BCUT2D eigenvalue weighted by Gasteiger charge is -2.26. The molecular formula is C37H58N14O10. The Hall–Kier alpha value is -7.01. The molecule has 1 fully saturated rings. The van der Waals surface area contributed by atoms with Crippen LogP contribution >= 0.6 is 0 Å². The molecule has 8 amide bonds. The Morgan fingerprint density at radius 2 is 1.31 bits per heavy atom. The first-order chi connectivity index (χ1) is 28.9. The number of guanidine groups is 2. The van der Waals surface area contributed by atoms with Crippen LogP contribution in [0.1, 0.15) is 63.9 Å². The van der Waals surface area contributed by atoms with Crippen molar-refractivity contribution in [3.8, 4) is 0 Å². The first-order valence-electron chi connectivity index (χ1n) is 19.6. The normalized spacial score (nSPS) is 21.4. The van der Waals surface area contributed by atoms with Gasteiger partial charge in [-0.2, -0.15) is 0 Å². The van der Waals surface area contributed by atoms with Crippen LogP contribution in [-0.2, 0) is 49.6 Å². The van der Waals surface area contributed by atoms with Crippen LogP contribution in [0.2, 0.25) is 0 Å². The molecule has 1 aromatic carbocycles. The molecule has 5 atom stereocenters. The number of hydrogen-bond donors (Lipinski definition) is 13. The van der Waals surface area contributed by atoms with Crippen LogP contribution in [0.4, 0.5) is 0 Å². The van der Waals surface area contributed by atoms with Crippen molar-refractivity contribution < 1.29 is 48.3 Å². The molecule has 1 aliphatic rings. The number of aliphatic carboxylic acids is 1. The van der Waals surface area contributed by atoms with Gasteiger partial charge in [0.25, 0.3) is 0 Å². The van der Waals surface area contributed by atoms with E-state index in [1.54, 1.807) is 30.3 Å². The number of rotatable bonds is 14. The number of amides is 8. The predicted octanol–water partition coefficient (Wildman–Crippen LogP) is -5.21. The summed E-state index contributed by atoms with van der Waals surface area (Å²) in [7, 11) is 0. The molecule has 336 valence electrons. The molecule has 0 radical (unpaired) electrons. The zero-order valence-corrected chi connectivity index (χ0v) is 34.0. The number of carbonyl (C=O) groups is 9. The lowest BCUT2D eigenvalue weighted by molar-refractivity contribution is -0.142. The molecule has 0 saturated carbocycles. The molecule has 1 saturated heterocycles. The SMILES string of the molecule is CC(=O)NCC(=O)NC1CC(=O)NCCCCC(C(=O)O)NC(=O)CNC(=O)C(CCCN=C(N)N)NC(=O)C(Cc2ccccc2)NC(=O)[C@H](CCCN=C(N)N)NC1=O. The van der Waals surface area contributed by atoms with Gasteiger partial charge in [-0.15, -0.1) is 0 Å². The Kier molecular flexibility index (Phi) is 22.1. The van der Waals surface area contributed by atoms with Gasteiger partial charge in [-0.3, -0.25) is 48.3 Å². The quantitative estimate of drug-likeness (QED) is 0.0473. The molecule has 0 aromatic heterocycles. The summed E-state index contributed by atoms with van der Waals surface area (Å²) in [6, 6.07) is 1.55. The second-order valence-corrected chi connectivity index (χ2v) is 14.0. The Labute approximate surface area is 352 Å². The number of carbonyl (C=O) groups excluding carboxylic acids is 8. The highest BCUT2D eigenvalue weighted by molar-refractivity contribution is 5.98. The van der Waals surface area contributed by atoms with Crippen molar-refractivity contribution in [3.63, 3.8) is 0 Å². The van der Waals surface area contributed by atoms with Crippen LogP contribution < -0.4 is 65.5 Å². The van der Waals surface area contributed by atoms with Crippen molar-refractivity contribution in [1.82, 2.24) is 42.5 Å². The highest BCUT2D eigenvalue weighted by Crippen LogP contribution is 2.09. The average Bonchev–Trinajstić information content (AvgIpc) is 3.19. The summed E-state index contributed by atoms with van der Waals surface area (Å²) < 4.78 is 0. The zero-order chi connectivity index (χ0) is 45.3. The van der Waals surface area contributed by atoms with Gasteiger partial charge in [0.1, 0.15) is 30.2 Å². The molecule has 0 spiro atoms. The molecule has 0 bridgehead atoms. The van der Waals surface area contributed by atoms with E-state index in [1.807, 2.05) is 0 Å².